The zero-order valence-corrected chi connectivity index (χ0v) is 17.3. The molecule has 0 fully saturated rings. The minimum atomic E-state index is -0.795. The second-order valence-electron chi connectivity index (χ2n) is 6.98. The number of aromatic hydroxyl groups is 3. The van der Waals surface area contributed by atoms with Gasteiger partial charge < -0.3 is 20.1 Å². The number of phenols is 3. The molecule has 4 rings (SSSR count). The van der Waals surface area contributed by atoms with Crippen LogP contribution in [-0.4, -0.2) is 27.9 Å². The molecule has 0 heterocycles. The Bertz CT molecular complexity index is 1300. The summed E-state index contributed by atoms with van der Waals surface area (Å²) in [6.45, 7) is 1.74. The number of hydrogen-bond acceptors (Lipinski definition) is 5. The number of esters is 1. The van der Waals surface area contributed by atoms with Crippen molar-refractivity contribution in [3.63, 3.8) is 0 Å². The summed E-state index contributed by atoms with van der Waals surface area (Å²) in [5, 5.41) is 33.8. The molecular weight excluding hydrogens is 416 g/mol. The Balaban J connectivity index is 2.03. The highest BCUT2D eigenvalue weighted by Crippen LogP contribution is 2.46. The van der Waals surface area contributed by atoms with Crippen molar-refractivity contribution >= 4 is 28.3 Å². The molecule has 6 heteroatoms. The van der Waals surface area contributed by atoms with Gasteiger partial charge in [0.25, 0.3) is 0 Å². The van der Waals surface area contributed by atoms with E-state index in [9.17, 15) is 20.1 Å². The molecule has 5 nitrogen and oxygen atoms in total. The summed E-state index contributed by atoms with van der Waals surface area (Å²) in [4.78, 5) is 12.6. The van der Waals surface area contributed by atoms with Crippen molar-refractivity contribution in [3.05, 3.63) is 77.3 Å². The van der Waals surface area contributed by atoms with E-state index in [2.05, 4.69) is 0 Å². The summed E-state index contributed by atoms with van der Waals surface area (Å²) in [6.07, 6.45) is 0. The van der Waals surface area contributed by atoms with Crippen LogP contribution in [0.2, 0.25) is 5.02 Å². The monoisotopic (exact) mass is 434 g/mol. The molecule has 0 radical (unpaired) electrons. The summed E-state index contributed by atoms with van der Waals surface area (Å²) >= 11 is 6.00. The molecule has 156 valence electrons. The fourth-order valence-corrected chi connectivity index (χ4v) is 3.76. The number of rotatable bonds is 4. The average Bonchev–Trinajstić information content (AvgIpc) is 2.76. The van der Waals surface area contributed by atoms with Crippen molar-refractivity contribution < 1.29 is 24.9 Å². The van der Waals surface area contributed by atoms with E-state index in [0.29, 0.717) is 10.4 Å². The van der Waals surface area contributed by atoms with Gasteiger partial charge in [0.1, 0.15) is 22.8 Å². The van der Waals surface area contributed by atoms with Crippen LogP contribution in [0.5, 0.6) is 17.2 Å². The fraction of sp³-hybridized carbons (Fsp3) is 0.0800. The smallest absolute Gasteiger partial charge is 0.342 e. The van der Waals surface area contributed by atoms with Crippen molar-refractivity contribution in [1.82, 2.24) is 0 Å². The topological polar surface area (TPSA) is 87.0 Å². The van der Waals surface area contributed by atoms with E-state index in [1.807, 2.05) is 30.3 Å². The first-order chi connectivity index (χ1) is 14.9. The quantitative estimate of drug-likeness (QED) is 0.266. The molecule has 0 bridgehead atoms. The van der Waals surface area contributed by atoms with Crippen molar-refractivity contribution in [2.24, 2.45) is 0 Å². The third kappa shape index (κ3) is 3.76. The highest BCUT2D eigenvalue weighted by Gasteiger charge is 2.25. The van der Waals surface area contributed by atoms with Crippen LogP contribution in [0.3, 0.4) is 0 Å². The molecule has 4 aromatic rings. The normalized spacial score (nSPS) is 10.9. The van der Waals surface area contributed by atoms with Gasteiger partial charge in [-0.3, -0.25) is 0 Å². The summed E-state index contributed by atoms with van der Waals surface area (Å²) in [5.74, 6) is -1.56. The molecule has 0 unspecified atom stereocenters. The van der Waals surface area contributed by atoms with E-state index >= 15 is 0 Å². The van der Waals surface area contributed by atoms with Crippen molar-refractivity contribution in [3.8, 4) is 39.5 Å². The Hall–Kier alpha value is -3.70. The van der Waals surface area contributed by atoms with Crippen molar-refractivity contribution in [1.29, 1.82) is 0 Å². The third-order valence-corrected chi connectivity index (χ3v) is 5.32. The lowest BCUT2D eigenvalue weighted by molar-refractivity contribution is 0.0523. The fourth-order valence-electron chi connectivity index (χ4n) is 3.64. The lowest BCUT2D eigenvalue weighted by atomic mass is 9.90. The SMILES string of the molecule is CCOC(=O)c1c(O)ccc(O)c1-c1c(O)ccc2ccc(-c3ccc(Cl)cc3)cc12. The molecular formula is C25H19ClO5. The number of phenolic OH excluding ortho intramolecular Hbond substituents is 3. The van der Waals surface area contributed by atoms with Crippen LogP contribution in [0.25, 0.3) is 33.0 Å². The Kier molecular flexibility index (Phi) is 5.44. The number of carbonyl (C=O) groups is 1. The van der Waals surface area contributed by atoms with Crippen LogP contribution < -0.4 is 0 Å². The van der Waals surface area contributed by atoms with Gasteiger partial charge in [0.15, 0.2) is 0 Å². The molecule has 0 aliphatic rings. The maximum Gasteiger partial charge on any atom is 0.342 e. The van der Waals surface area contributed by atoms with Gasteiger partial charge in [0.2, 0.25) is 0 Å². The maximum absolute atomic E-state index is 12.6. The Morgan fingerprint density at radius 2 is 1.39 bits per heavy atom. The minimum absolute atomic E-state index is 0.00908. The van der Waals surface area contributed by atoms with Crippen molar-refractivity contribution in [2.45, 2.75) is 6.92 Å². The first-order valence-electron chi connectivity index (χ1n) is 9.64. The van der Waals surface area contributed by atoms with Crippen LogP contribution in [0, 0.1) is 0 Å². The predicted octanol–water partition coefficient (Wildman–Crippen LogP) is 6.12. The van der Waals surface area contributed by atoms with Gasteiger partial charge in [-0.15, -0.1) is 0 Å². The maximum atomic E-state index is 12.6. The molecule has 0 aliphatic heterocycles. The minimum Gasteiger partial charge on any atom is -0.507 e. The number of carbonyl (C=O) groups excluding carboxylic acids is 1. The first-order valence-corrected chi connectivity index (χ1v) is 10.0. The molecule has 3 N–H and O–H groups in total. The molecule has 0 aromatic heterocycles. The molecule has 0 saturated carbocycles. The van der Waals surface area contributed by atoms with Gasteiger partial charge in [0.05, 0.1) is 6.61 Å². The standard InChI is InChI=1S/C25H19ClO5/c1-2-31-25(30)24-21(29)12-11-20(28)23(24)22-18-13-16(14-5-8-17(26)9-6-14)4-3-15(18)7-10-19(22)27/h3-13,27-29H,2H2,1H3. The zero-order valence-electron chi connectivity index (χ0n) is 16.6. The van der Waals surface area contributed by atoms with Crippen molar-refractivity contribution in [2.75, 3.05) is 6.61 Å². The van der Waals surface area contributed by atoms with E-state index in [1.165, 1.54) is 18.2 Å². The van der Waals surface area contributed by atoms with Crippen LogP contribution in [-0.2, 0) is 4.74 Å². The van der Waals surface area contributed by atoms with E-state index in [0.717, 1.165) is 16.5 Å². The number of fused-ring (bicyclic) bond motifs is 1. The van der Waals surface area contributed by atoms with Crippen LogP contribution in [0.15, 0.2) is 66.7 Å². The first kappa shape index (κ1) is 20.6. The molecule has 0 amide bonds. The number of ether oxygens (including phenoxy) is 1. The van der Waals surface area contributed by atoms with Gasteiger partial charge in [0, 0.05) is 16.1 Å². The summed E-state index contributed by atoms with van der Waals surface area (Å²) < 4.78 is 5.08. The van der Waals surface area contributed by atoms with Crippen LogP contribution in [0.1, 0.15) is 17.3 Å². The number of halogens is 1. The third-order valence-electron chi connectivity index (χ3n) is 5.07. The van der Waals surface area contributed by atoms with E-state index in [1.54, 1.807) is 25.1 Å². The van der Waals surface area contributed by atoms with Gasteiger partial charge in [-0.05, 0) is 65.2 Å². The highest BCUT2D eigenvalue weighted by atomic mass is 35.5. The lowest BCUT2D eigenvalue weighted by Gasteiger charge is -2.16. The zero-order chi connectivity index (χ0) is 22.1. The van der Waals surface area contributed by atoms with E-state index in [4.69, 9.17) is 16.3 Å². The van der Waals surface area contributed by atoms with E-state index in [-0.39, 0.29) is 40.5 Å². The van der Waals surface area contributed by atoms with Gasteiger partial charge in [-0.2, -0.15) is 0 Å². The second kappa shape index (κ2) is 8.20. The molecule has 0 spiro atoms. The van der Waals surface area contributed by atoms with Gasteiger partial charge >= 0.3 is 5.97 Å². The van der Waals surface area contributed by atoms with Gasteiger partial charge in [-0.1, -0.05) is 41.9 Å². The molecule has 4 aromatic carbocycles. The molecule has 31 heavy (non-hydrogen) atoms. The Labute approximate surface area is 183 Å². The lowest BCUT2D eigenvalue weighted by Crippen LogP contribution is -2.07. The summed E-state index contributed by atoms with van der Waals surface area (Å²) in [6, 6.07) is 18.7. The molecule has 0 atom stereocenters. The molecule has 0 aliphatic carbocycles. The number of benzene rings is 4. The number of hydrogen-bond donors (Lipinski definition) is 3. The summed E-state index contributed by atoms with van der Waals surface area (Å²) in [7, 11) is 0. The molecule has 0 saturated heterocycles. The Morgan fingerprint density at radius 3 is 2.10 bits per heavy atom. The van der Waals surface area contributed by atoms with Gasteiger partial charge in [-0.25, -0.2) is 4.79 Å². The predicted molar refractivity (Wildman–Crippen MR) is 121 cm³/mol. The average molecular weight is 435 g/mol. The van der Waals surface area contributed by atoms with Crippen LogP contribution in [0.4, 0.5) is 0 Å². The summed E-state index contributed by atoms with van der Waals surface area (Å²) in [5.41, 5.74) is 1.79. The second-order valence-corrected chi connectivity index (χ2v) is 7.41. The highest BCUT2D eigenvalue weighted by molar-refractivity contribution is 6.30. The van der Waals surface area contributed by atoms with Crippen LogP contribution >= 0.6 is 11.6 Å². The Morgan fingerprint density at radius 1 is 0.806 bits per heavy atom. The largest absolute Gasteiger partial charge is 0.507 e. The van der Waals surface area contributed by atoms with E-state index < -0.39 is 5.97 Å².